The van der Waals surface area contributed by atoms with Gasteiger partial charge in [-0.25, -0.2) is 4.98 Å². The highest BCUT2D eigenvalue weighted by Gasteiger charge is 2.32. The highest BCUT2D eigenvalue weighted by atomic mass is 19.4. The molecule has 0 saturated carbocycles. The molecule has 0 aromatic carbocycles. The predicted molar refractivity (Wildman–Crippen MR) is 102 cm³/mol. The molecule has 1 saturated heterocycles. The van der Waals surface area contributed by atoms with Crippen molar-refractivity contribution in [2.24, 2.45) is 0 Å². The molecule has 0 spiro atoms. The first-order chi connectivity index (χ1) is 13.9. The highest BCUT2D eigenvalue weighted by molar-refractivity contribution is 5.59. The van der Waals surface area contributed by atoms with Gasteiger partial charge in [0.25, 0.3) is 0 Å². The summed E-state index contributed by atoms with van der Waals surface area (Å²) >= 11 is 0. The number of aryl methyl sites for hydroxylation is 1. The Balaban J connectivity index is 1.75. The molecule has 1 aliphatic heterocycles. The zero-order valence-electron chi connectivity index (χ0n) is 15.6. The van der Waals surface area contributed by atoms with Crippen LogP contribution in [0, 0.1) is 6.92 Å². The normalized spacial score (nSPS) is 14.3. The van der Waals surface area contributed by atoms with Crippen molar-refractivity contribution < 1.29 is 13.2 Å². The molecule has 0 amide bonds. The monoisotopic (exact) mass is 401 g/mol. The molecule has 7 nitrogen and oxygen atoms in total. The lowest BCUT2D eigenvalue weighted by Crippen LogP contribution is -2.21. The first kappa shape index (κ1) is 19.0. The molecule has 0 aliphatic carbocycles. The zero-order chi connectivity index (χ0) is 20.4. The number of nitrogens with zero attached hydrogens (tertiary/aromatic N) is 6. The summed E-state index contributed by atoms with van der Waals surface area (Å²) in [5.41, 5.74) is 0.580. The average Bonchev–Trinajstić information content (AvgIpc) is 3.22. The fourth-order valence-corrected chi connectivity index (χ4v) is 3.06. The van der Waals surface area contributed by atoms with Gasteiger partial charge in [0.05, 0.1) is 0 Å². The molecule has 3 aromatic rings. The van der Waals surface area contributed by atoms with Crippen molar-refractivity contribution in [3.63, 3.8) is 0 Å². The molecule has 0 radical (unpaired) electrons. The molecular weight excluding hydrogens is 383 g/mol. The van der Waals surface area contributed by atoms with Crippen molar-refractivity contribution in [1.29, 1.82) is 0 Å². The predicted octanol–water partition coefficient (Wildman–Crippen LogP) is 4.00. The lowest BCUT2D eigenvalue weighted by molar-refractivity contribution is -0.141. The first-order valence-electron chi connectivity index (χ1n) is 9.14. The summed E-state index contributed by atoms with van der Waals surface area (Å²) in [6, 6.07) is 7.25. The largest absolute Gasteiger partial charge is 0.433 e. The van der Waals surface area contributed by atoms with Gasteiger partial charge in [-0.15, -0.1) is 0 Å². The summed E-state index contributed by atoms with van der Waals surface area (Å²) in [4.78, 5) is 23.0. The minimum Gasteiger partial charge on any atom is -0.341 e. The van der Waals surface area contributed by atoms with Crippen molar-refractivity contribution in [3.05, 3.63) is 47.9 Å². The molecule has 0 unspecified atom stereocenters. The Morgan fingerprint density at radius 2 is 1.79 bits per heavy atom. The third kappa shape index (κ3) is 4.41. The fraction of sp³-hybridized carbons (Fsp3) is 0.316. The van der Waals surface area contributed by atoms with Crippen molar-refractivity contribution >= 4 is 17.6 Å². The third-order valence-corrected chi connectivity index (χ3v) is 4.43. The van der Waals surface area contributed by atoms with Gasteiger partial charge in [0.2, 0.25) is 11.9 Å². The van der Waals surface area contributed by atoms with Crippen LogP contribution in [0.15, 0.2) is 36.5 Å². The molecule has 4 rings (SSSR count). The van der Waals surface area contributed by atoms with Crippen LogP contribution in [0.4, 0.5) is 30.8 Å². The fourth-order valence-electron chi connectivity index (χ4n) is 3.06. The van der Waals surface area contributed by atoms with E-state index in [0.29, 0.717) is 5.95 Å². The van der Waals surface area contributed by atoms with E-state index in [1.165, 1.54) is 12.1 Å². The Morgan fingerprint density at radius 1 is 1.00 bits per heavy atom. The molecule has 3 aromatic heterocycles. The Morgan fingerprint density at radius 3 is 2.52 bits per heavy atom. The number of rotatable bonds is 4. The molecule has 1 N–H and O–H groups in total. The summed E-state index contributed by atoms with van der Waals surface area (Å²) in [6.45, 7) is 3.42. The van der Waals surface area contributed by atoms with Crippen LogP contribution in [0.1, 0.15) is 24.2 Å². The third-order valence-electron chi connectivity index (χ3n) is 4.43. The van der Waals surface area contributed by atoms with E-state index in [4.69, 9.17) is 0 Å². The number of anilines is 3. The van der Waals surface area contributed by atoms with E-state index in [1.807, 2.05) is 17.9 Å². The van der Waals surface area contributed by atoms with Crippen molar-refractivity contribution in [3.8, 4) is 11.5 Å². The smallest absolute Gasteiger partial charge is 0.341 e. The van der Waals surface area contributed by atoms with Gasteiger partial charge in [-0.3, -0.25) is 4.98 Å². The lowest BCUT2D eigenvalue weighted by atomic mass is 10.3. The topological polar surface area (TPSA) is 79.7 Å². The van der Waals surface area contributed by atoms with Gasteiger partial charge < -0.3 is 10.2 Å². The van der Waals surface area contributed by atoms with Crippen LogP contribution in [-0.4, -0.2) is 38.0 Å². The Labute approximate surface area is 165 Å². The molecule has 0 atom stereocenters. The van der Waals surface area contributed by atoms with Crippen LogP contribution >= 0.6 is 0 Å². The van der Waals surface area contributed by atoms with Gasteiger partial charge in [-0.2, -0.15) is 28.1 Å². The number of hydrogen-bond donors (Lipinski definition) is 1. The maximum Gasteiger partial charge on any atom is 0.433 e. The molecule has 10 heteroatoms. The van der Waals surface area contributed by atoms with Crippen LogP contribution in [0.25, 0.3) is 11.5 Å². The van der Waals surface area contributed by atoms with Gasteiger partial charge in [0.1, 0.15) is 11.4 Å². The molecule has 4 heterocycles. The number of pyridine rings is 2. The van der Waals surface area contributed by atoms with Crippen molar-refractivity contribution in [2.75, 3.05) is 23.3 Å². The Bertz CT molecular complexity index is 1020. The van der Waals surface area contributed by atoms with Crippen LogP contribution in [-0.2, 0) is 6.18 Å². The maximum absolute atomic E-state index is 13.1. The molecular formula is C19H18F3N7. The zero-order valence-corrected chi connectivity index (χ0v) is 15.6. The number of hydrogen-bond acceptors (Lipinski definition) is 7. The maximum atomic E-state index is 13.1. The lowest BCUT2D eigenvalue weighted by Gasteiger charge is -2.17. The Hall–Kier alpha value is -3.30. The number of alkyl halides is 3. The Kier molecular flexibility index (Phi) is 4.99. The van der Waals surface area contributed by atoms with Gasteiger partial charge in [-0.1, -0.05) is 6.07 Å². The van der Waals surface area contributed by atoms with E-state index in [2.05, 4.69) is 30.2 Å². The van der Waals surface area contributed by atoms with E-state index in [-0.39, 0.29) is 17.5 Å². The second kappa shape index (κ2) is 7.61. The second-order valence-corrected chi connectivity index (χ2v) is 6.69. The van der Waals surface area contributed by atoms with E-state index in [1.54, 1.807) is 12.3 Å². The first-order valence-corrected chi connectivity index (χ1v) is 9.14. The van der Waals surface area contributed by atoms with Crippen LogP contribution in [0.2, 0.25) is 0 Å². The summed E-state index contributed by atoms with van der Waals surface area (Å²) in [7, 11) is 0. The summed E-state index contributed by atoms with van der Waals surface area (Å²) in [5.74, 6) is 0.739. The minimum absolute atomic E-state index is 0.0385. The summed E-state index contributed by atoms with van der Waals surface area (Å²) in [6.07, 6.45) is -0.879. The van der Waals surface area contributed by atoms with Crippen molar-refractivity contribution in [1.82, 2.24) is 24.9 Å². The van der Waals surface area contributed by atoms with E-state index >= 15 is 0 Å². The van der Waals surface area contributed by atoms with Crippen LogP contribution in [0.3, 0.4) is 0 Å². The van der Waals surface area contributed by atoms with Gasteiger partial charge in [0.15, 0.2) is 5.82 Å². The van der Waals surface area contributed by atoms with E-state index < -0.39 is 11.9 Å². The molecule has 0 bridgehead atoms. The molecule has 150 valence electrons. The van der Waals surface area contributed by atoms with E-state index in [0.717, 1.165) is 43.4 Å². The number of halogens is 3. The standard InChI is InChI=1S/C19H18F3N7/c1-12-11-13(7-8-23-12)24-17-26-16(27-18(28-17)29-9-2-3-10-29)14-5-4-6-15(25-14)19(20,21)22/h4-8,11H,2-3,9-10H2,1H3,(H,23,24,26,27,28). The number of nitrogens with one attached hydrogen (secondary N) is 1. The average molecular weight is 401 g/mol. The number of aromatic nitrogens is 5. The highest BCUT2D eigenvalue weighted by Crippen LogP contribution is 2.29. The SMILES string of the molecule is Cc1cc(Nc2nc(-c3cccc(C(F)(F)F)n3)nc(N3CCCC3)n2)ccn1. The van der Waals surface area contributed by atoms with E-state index in [9.17, 15) is 13.2 Å². The molecule has 1 fully saturated rings. The van der Waals surface area contributed by atoms with Crippen LogP contribution in [0.5, 0.6) is 0 Å². The quantitative estimate of drug-likeness (QED) is 0.708. The summed E-state index contributed by atoms with van der Waals surface area (Å²) in [5, 5.41) is 3.08. The molecule has 1 aliphatic rings. The van der Waals surface area contributed by atoms with Crippen molar-refractivity contribution in [2.45, 2.75) is 25.9 Å². The summed E-state index contributed by atoms with van der Waals surface area (Å²) < 4.78 is 39.2. The van der Waals surface area contributed by atoms with Gasteiger partial charge >= 0.3 is 6.18 Å². The molecule has 29 heavy (non-hydrogen) atoms. The van der Waals surface area contributed by atoms with Crippen LogP contribution < -0.4 is 10.2 Å². The van der Waals surface area contributed by atoms with Gasteiger partial charge in [-0.05, 0) is 44.0 Å². The minimum atomic E-state index is -4.55. The second-order valence-electron chi connectivity index (χ2n) is 6.69. The van der Waals surface area contributed by atoms with Gasteiger partial charge in [0, 0.05) is 30.7 Å².